The van der Waals surface area contributed by atoms with E-state index < -0.39 is 0 Å². The number of rotatable bonds is 2. The van der Waals surface area contributed by atoms with Gasteiger partial charge in [-0.2, -0.15) is 0 Å². The van der Waals surface area contributed by atoms with Crippen molar-refractivity contribution < 1.29 is 9.18 Å². The molecule has 3 heteroatoms. The summed E-state index contributed by atoms with van der Waals surface area (Å²) in [7, 11) is 0. The molecule has 0 aromatic rings. The largest absolute Gasteiger partial charge is 0.251 e. The SMILES string of the molecule is O=C=NC1CCCC(CF)C1. The fraction of sp³-hybridized carbons (Fsp3) is 0.875. The van der Waals surface area contributed by atoms with E-state index in [9.17, 15) is 9.18 Å². The number of carbonyl (C=O) groups excluding carboxylic acids is 1. The lowest BCUT2D eigenvalue weighted by Gasteiger charge is -2.22. The summed E-state index contributed by atoms with van der Waals surface area (Å²) in [6, 6.07) is 0.0435. The van der Waals surface area contributed by atoms with Gasteiger partial charge in [0.1, 0.15) is 0 Å². The highest BCUT2D eigenvalue weighted by Crippen LogP contribution is 2.26. The molecule has 2 nitrogen and oxygen atoms in total. The highest BCUT2D eigenvalue weighted by atomic mass is 19.1. The van der Waals surface area contributed by atoms with Crippen LogP contribution in [0.1, 0.15) is 25.7 Å². The van der Waals surface area contributed by atoms with Gasteiger partial charge in [0, 0.05) is 0 Å². The second-order valence-electron chi connectivity index (χ2n) is 3.06. The standard InChI is InChI=1S/C8H12FNO/c9-5-7-2-1-3-8(4-7)10-6-11/h7-8H,1-5H2. The highest BCUT2D eigenvalue weighted by molar-refractivity contribution is 5.33. The zero-order valence-corrected chi connectivity index (χ0v) is 6.42. The van der Waals surface area contributed by atoms with Gasteiger partial charge in [-0.25, -0.2) is 9.79 Å². The van der Waals surface area contributed by atoms with Gasteiger partial charge in [-0.15, -0.1) is 0 Å². The number of alkyl halides is 1. The number of isocyanates is 1. The summed E-state index contributed by atoms with van der Waals surface area (Å²) in [5.41, 5.74) is 0. The molecule has 2 unspecified atom stereocenters. The highest BCUT2D eigenvalue weighted by Gasteiger charge is 2.20. The molecule has 0 spiro atoms. The maximum Gasteiger partial charge on any atom is 0.235 e. The van der Waals surface area contributed by atoms with E-state index in [2.05, 4.69) is 4.99 Å². The van der Waals surface area contributed by atoms with Gasteiger partial charge in [-0.3, -0.25) is 4.39 Å². The van der Waals surface area contributed by atoms with Crippen molar-refractivity contribution in [2.24, 2.45) is 10.9 Å². The van der Waals surface area contributed by atoms with Gasteiger partial charge >= 0.3 is 0 Å². The molecule has 0 radical (unpaired) electrons. The first kappa shape index (κ1) is 8.41. The van der Waals surface area contributed by atoms with Crippen LogP contribution in [0.15, 0.2) is 4.99 Å². The Hall–Kier alpha value is -0.690. The molecule has 0 heterocycles. The molecule has 2 atom stereocenters. The lowest BCUT2D eigenvalue weighted by molar-refractivity contribution is 0.261. The molecule has 1 aliphatic rings. The molecule has 0 amide bonds. The van der Waals surface area contributed by atoms with Crippen LogP contribution in [-0.2, 0) is 4.79 Å². The van der Waals surface area contributed by atoms with E-state index in [1.165, 1.54) is 6.08 Å². The Bertz CT molecular complexity index is 165. The predicted octanol–water partition coefficient (Wildman–Crippen LogP) is 1.85. The summed E-state index contributed by atoms with van der Waals surface area (Å²) in [6.45, 7) is -0.273. The maximum absolute atomic E-state index is 12.2. The van der Waals surface area contributed by atoms with E-state index in [0.717, 1.165) is 25.7 Å². The number of nitrogens with zero attached hydrogens (tertiary/aromatic N) is 1. The van der Waals surface area contributed by atoms with Gasteiger partial charge < -0.3 is 0 Å². The van der Waals surface area contributed by atoms with Crippen LogP contribution in [0, 0.1) is 5.92 Å². The zero-order valence-electron chi connectivity index (χ0n) is 6.42. The van der Waals surface area contributed by atoms with Gasteiger partial charge in [-0.1, -0.05) is 6.42 Å². The van der Waals surface area contributed by atoms with E-state index in [-0.39, 0.29) is 18.6 Å². The number of halogens is 1. The maximum atomic E-state index is 12.2. The molecule has 1 rings (SSSR count). The Morgan fingerprint density at radius 3 is 3.00 bits per heavy atom. The summed E-state index contributed by atoms with van der Waals surface area (Å²) in [5.74, 6) is 0.130. The van der Waals surface area contributed by atoms with Crippen LogP contribution in [0.2, 0.25) is 0 Å². The van der Waals surface area contributed by atoms with Crippen LogP contribution in [-0.4, -0.2) is 18.8 Å². The Kier molecular flexibility index (Phi) is 3.24. The fourth-order valence-corrected chi connectivity index (χ4v) is 1.59. The third-order valence-electron chi connectivity index (χ3n) is 2.21. The average Bonchev–Trinajstić information content (AvgIpc) is 2.06. The van der Waals surface area contributed by atoms with E-state index >= 15 is 0 Å². The Labute approximate surface area is 65.5 Å². The Morgan fingerprint density at radius 1 is 1.55 bits per heavy atom. The molecule has 0 aliphatic heterocycles. The van der Waals surface area contributed by atoms with Crippen LogP contribution < -0.4 is 0 Å². The van der Waals surface area contributed by atoms with Crippen LogP contribution in [0.3, 0.4) is 0 Å². The third kappa shape index (κ3) is 2.43. The van der Waals surface area contributed by atoms with Crippen molar-refractivity contribution in [3.05, 3.63) is 0 Å². The molecule has 62 valence electrons. The molecule has 0 bridgehead atoms. The van der Waals surface area contributed by atoms with Gasteiger partial charge in [0.15, 0.2) is 0 Å². The second-order valence-corrected chi connectivity index (χ2v) is 3.06. The summed E-state index contributed by atoms with van der Waals surface area (Å²) in [4.78, 5) is 13.5. The fourth-order valence-electron chi connectivity index (χ4n) is 1.59. The quantitative estimate of drug-likeness (QED) is 0.444. The summed E-state index contributed by atoms with van der Waals surface area (Å²) in [6.07, 6.45) is 5.12. The van der Waals surface area contributed by atoms with Crippen molar-refractivity contribution in [2.45, 2.75) is 31.7 Å². The van der Waals surface area contributed by atoms with Gasteiger partial charge in [-0.05, 0) is 25.2 Å². The van der Waals surface area contributed by atoms with Crippen molar-refractivity contribution >= 4 is 6.08 Å². The second kappa shape index (κ2) is 4.24. The van der Waals surface area contributed by atoms with Crippen molar-refractivity contribution in [1.29, 1.82) is 0 Å². The normalized spacial score (nSPS) is 31.0. The Morgan fingerprint density at radius 2 is 2.36 bits per heavy atom. The van der Waals surface area contributed by atoms with E-state index in [1.54, 1.807) is 0 Å². The van der Waals surface area contributed by atoms with Crippen LogP contribution in [0.25, 0.3) is 0 Å². The molecule has 0 aromatic carbocycles. The average molecular weight is 157 g/mol. The number of aliphatic imine (C=N–C) groups is 1. The minimum absolute atomic E-state index is 0.0435. The zero-order chi connectivity index (χ0) is 8.10. The van der Waals surface area contributed by atoms with Gasteiger partial charge in [0.2, 0.25) is 6.08 Å². The summed E-state index contributed by atoms with van der Waals surface area (Å²) >= 11 is 0. The van der Waals surface area contributed by atoms with Crippen molar-refractivity contribution in [2.75, 3.05) is 6.67 Å². The lowest BCUT2D eigenvalue weighted by Crippen LogP contribution is -2.19. The summed E-state index contributed by atoms with van der Waals surface area (Å²) in [5, 5.41) is 0. The van der Waals surface area contributed by atoms with E-state index in [4.69, 9.17) is 0 Å². The number of hydrogen-bond acceptors (Lipinski definition) is 2. The van der Waals surface area contributed by atoms with Crippen LogP contribution in [0.5, 0.6) is 0 Å². The lowest BCUT2D eigenvalue weighted by atomic mass is 9.87. The summed E-state index contributed by atoms with van der Waals surface area (Å²) < 4.78 is 12.2. The van der Waals surface area contributed by atoms with Crippen molar-refractivity contribution in [3.8, 4) is 0 Å². The first-order chi connectivity index (χ1) is 5.36. The monoisotopic (exact) mass is 157 g/mol. The van der Waals surface area contributed by atoms with Crippen molar-refractivity contribution in [3.63, 3.8) is 0 Å². The Balaban J connectivity index is 2.38. The first-order valence-electron chi connectivity index (χ1n) is 3.99. The smallest absolute Gasteiger partial charge is 0.235 e. The molecule has 0 N–H and O–H groups in total. The minimum atomic E-state index is -0.273. The van der Waals surface area contributed by atoms with Crippen molar-refractivity contribution in [1.82, 2.24) is 0 Å². The van der Waals surface area contributed by atoms with Gasteiger partial charge in [0.25, 0.3) is 0 Å². The minimum Gasteiger partial charge on any atom is -0.251 e. The molecular formula is C8H12FNO. The molecule has 0 saturated heterocycles. The molecule has 11 heavy (non-hydrogen) atoms. The topological polar surface area (TPSA) is 29.4 Å². The van der Waals surface area contributed by atoms with Crippen LogP contribution >= 0.6 is 0 Å². The number of hydrogen-bond donors (Lipinski definition) is 0. The predicted molar refractivity (Wildman–Crippen MR) is 39.8 cm³/mol. The third-order valence-corrected chi connectivity index (χ3v) is 2.21. The van der Waals surface area contributed by atoms with Gasteiger partial charge in [0.05, 0.1) is 12.7 Å². The van der Waals surface area contributed by atoms with E-state index in [1.807, 2.05) is 0 Å². The molecule has 1 aliphatic carbocycles. The molecular weight excluding hydrogens is 145 g/mol. The van der Waals surface area contributed by atoms with Crippen LogP contribution in [0.4, 0.5) is 4.39 Å². The molecule has 1 fully saturated rings. The first-order valence-corrected chi connectivity index (χ1v) is 3.99. The molecule has 0 aromatic heterocycles. The molecule has 1 saturated carbocycles. The van der Waals surface area contributed by atoms with E-state index in [0.29, 0.717) is 0 Å².